The van der Waals surface area contributed by atoms with Gasteiger partial charge in [0.05, 0.1) is 5.75 Å². The summed E-state index contributed by atoms with van der Waals surface area (Å²) in [5, 5.41) is 17.6. The predicted molar refractivity (Wildman–Crippen MR) is 79.7 cm³/mol. The highest BCUT2D eigenvalue weighted by atomic mass is 79.9. The van der Waals surface area contributed by atoms with Crippen molar-refractivity contribution in [1.29, 1.82) is 0 Å². The van der Waals surface area contributed by atoms with Gasteiger partial charge in [-0.3, -0.25) is 9.36 Å². The van der Waals surface area contributed by atoms with Crippen LogP contribution >= 0.6 is 27.7 Å². The van der Waals surface area contributed by atoms with E-state index in [1.165, 1.54) is 12.1 Å². The van der Waals surface area contributed by atoms with Gasteiger partial charge in [0.1, 0.15) is 5.82 Å². The number of benzene rings is 1. The van der Waals surface area contributed by atoms with Gasteiger partial charge >= 0.3 is 5.97 Å². The lowest BCUT2D eigenvalue weighted by atomic mass is 10.2. The molecule has 0 unspecified atom stereocenters. The molecular formula is C13H11BrFN3O2S. The van der Waals surface area contributed by atoms with E-state index < -0.39 is 5.97 Å². The number of rotatable bonds is 5. The van der Waals surface area contributed by atoms with Crippen LogP contribution in [0.15, 0.2) is 27.8 Å². The first-order valence-electron chi connectivity index (χ1n) is 6.31. The first-order chi connectivity index (χ1) is 10.1. The lowest BCUT2D eigenvalue weighted by molar-refractivity contribution is -0.133. The van der Waals surface area contributed by atoms with Crippen LogP contribution in [0.25, 0.3) is 11.4 Å². The van der Waals surface area contributed by atoms with Crippen molar-refractivity contribution in [3.8, 4) is 11.4 Å². The van der Waals surface area contributed by atoms with E-state index in [-0.39, 0.29) is 11.6 Å². The summed E-state index contributed by atoms with van der Waals surface area (Å²) >= 11 is 4.49. The Morgan fingerprint density at radius 1 is 1.48 bits per heavy atom. The normalized spacial score (nSPS) is 14.4. The molecule has 1 heterocycles. The van der Waals surface area contributed by atoms with E-state index >= 15 is 0 Å². The van der Waals surface area contributed by atoms with Crippen LogP contribution in [0.2, 0.25) is 0 Å². The fourth-order valence-electron chi connectivity index (χ4n) is 2.02. The minimum absolute atomic E-state index is 0.0601. The molecule has 5 nitrogen and oxygen atoms in total. The topological polar surface area (TPSA) is 68.0 Å². The quantitative estimate of drug-likeness (QED) is 0.816. The molecule has 0 atom stereocenters. The Morgan fingerprint density at radius 2 is 2.24 bits per heavy atom. The van der Waals surface area contributed by atoms with Crippen LogP contribution < -0.4 is 0 Å². The van der Waals surface area contributed by atoms with Crippen LogP contribution in [0.1, 0.15) is 18.9 Å². The summed E-state index contributed by atoms with van der Waals surface area (Å²) in [7, 11) is 0. The first-order valence-corrected chi connectivity index (χ1v) is 8.09. The lowest BCUT2D eigenvalue weighted by Gasteiger charge is -2.09. The van der Waals surface area contributed by atoms with Crippen molar-refractivity contribution in [3.63, 3.8) is 0 Å². The molecule has 0 spiro atoms. The lowest BCUT2D eigenvalue weighted by Crippen LogP contribution is -2.03. The van der Waals surface area contributed by atoms with Gasteiger partial charge in [-0.1, -0.05) is 11.8 Å². The smallest absolute Gasteiger partial charge is 0.313 e. The van der Waals surface area contributed by atoms with E-state index in [4.69, 9.17) is 5.11 Å². The third kappa shape index (κ3) is 3.11. The highest BCUT2D eigenvalue weighted by Crippen LogP contribution is 2.42. The summed E-state index contributed by atoms with van der Waals surface area (Å²) in [5.41, 5.74) is 0.748. The zero-order valence-electron chi connectivity index (χ0n) is 10.8. The molecule has 0 amide bonds. The van der Waals surface area contributed by atoms with Gasteiger partial charge in [-0.25, -0.2) is 4.39 Å². The summed E-state index contributed by atoms with van der Waals surface area (Å²) in [4.78, 5) is 10.7. The van der Waals surface area contributed by atoms with Gasteiger partial charge in [0.15, 0.2) is 11.0 Å². The maximum absolute atomic E-state index is 13.2. The van der Waals surface area contributed by atoms with Gasteiger partial charge in [0.2, 0.25) is 0 Å². The third-order valence-electron chi connectivity index (χ3n) is 3.07. The van der Waals surface area contributed by atoms with Gasteiger partial charge in [-0.2, -0.15) is 0 Å². The molecule has 1 aromatic carbocycles. The molecular weight excluding hydrogens is 361 g/mol. The van der Waals surface area contributed by atoms with Crippen molar-refractivity contribution >= 4 is 33.7 Å². The minimum atomic E-state index is -0.894. The minimum Gasteiger partial charge on any atom is -0.481 e. The highest BCUT2D eigenvalue weighted by Gasteiger charge is 2.30. The Labute approximate surface area is 132 Å². The molecule has 1 aliphatic carbocycles. The van der Waals surface area contributed by atoms with E-state index in [1.54, 1.807) is 6.07 Å². The van der Waals surface area contributed by atoms with Gasteiger partial charge in [0.25, 0.3) is 0 Å². The van der Waals surface area contributed by atoms with Crippen molar-refractivity contribution in [2.75, 3.05) is 5.75 Å². The molecule has 0 bridgehead atoms. The summed E-state index contributed by atoms with van der Waals surface area (Å²) < 4.78 is 15.8. The Hall–Kier alpha value is -1.41. The summed E-state index contributed by atoms with van der Waals surface area (Å²) in [5.74, 6) is -0.647. The van der Waals surface area contributed by atoms with Crippen LogP contribution in [0.4, 0.5) is 4.39 Å². The molecule has 1 aliphatic rings. The standard InChI is InChI=1S/C13H11BrFN3O2S/c14-10-5-7(15)1-4-9(10)12-16-17-13(21-6-11(19)20)18(12)8-2-3-8/h1,4-5,8H,2-3,6H2,(H,19,20). The average Bonchev–Trinajstić information content (AvgIpc) is 3.17. The number of halogens is 2. The molecule has 110 valence electrons. The molecule has 0 saturated heterocycles. The zero-order chi connectivity index (χ0) is 15.0. The molecule has 21 heavy (non-hydrogen) atoms. The molecule has 2 aromatic rings. The Kier molecular flexibility index (Phi) is 3.99. The van der Waals surface area contributed by atoms with E-state index in [2.05, 4.69) is 26.1 Å². The maximum Gasteiger partial charge on any atom is 0.313 e. The molecule has 1 aromatic heterocycles. The Balaban J connectivity index is 2.00. The van der Waals surface area contributed by atoms with Crippen molar-refractivity contribution in [2.24, 2.45) is 0 Å². The number of aliphatic carboxylic acids is 1. The molecule has 1 saturated carbocycles. The van der Waals surface area contributed by atoms with E-state index in [1.807, 2.05) is 4.57 Å². The summed E-state index contributed by atoms with van der Waals surface area (Å²) in [6.07, 6.45) is 2.04. The van der Waals surface area contributed by atoms with E-state index in [9.17, 15) is 9.18 Å². The van der Waals surface area contributed by atoms with Crippen LogP contribution in [0.5, 0.6) is 0 Å². The number of carboxylic acids is 1. The van der Waals surface area contributed by atoms with E-state index in [0.717, 1.165) is 30.2 Å². The molecule has 1 N–H and O–H groups in total. The number of nitrogens with zero attached hydrogens (tertiary/aromatic N) is 3. The van der Waals surface area contributed by atoms with Crippen LogP contribution in [-0.2, 0) is 4.79 Å². The highest BCUT2D eigenvalue weighted by molar-refractivity contribution is 9.10. The number of carboxylic acid groups (broad SMARTS) is 1. The Morgan fingerprint density at radius 3 is 2.86 bits per heavy atom. The van der Waals surface area contributed by atoms with Gasteiger partial charge in [-0.05, 0) is 47.0 Å². The number of hydrogen-bond donors (Lipinski definition) is 1. The first kappa shape index (κ1) is 14.5. The second-order valence-corrected chi connectivity index (χ2v) is 6.51. The van der Waals surface area contributed by atoms with Crippen molar-refractivity contribution in [2.45, 2.75) is 24.0 Å². The fourth-order valence-corrected chi connectivity index (χ4v) is 3.27. The number of carbonyl (C=O) groups is 1. The van der Waals surface area contributed by atoms with Gasteiger partial charge in [0, 0.05) is 16.1 Å². The predicted octanol–water partition coefficient (Wildman–Crippen LogP) is 3.36. The number of thioether (sulfide) groups is 1. The van der Waals surface area contributed by atoms with Gasteiger partial charge < -0.3 is 5.11 Å². The molecule has 8 heteroatoms. The molecule has 0 aliphatic heterocycles. The largest absolute Gasteiger partial charge is 0.481 e. The molecule has 0 radical (unpaired) electrons. The van der Waals surface area contributed by atoms with Crippen molar-refractivity contribution in [3.05, 3.63) is 28.5 Å². The molecule has 1 fully saturated rings. The van der Waals surface area contributed by atoms with Crippen LogP contribution in [0, 0.1) is 5.82 Å². The second-order valence-electron chi connectivity index (χ2n) is 4.71. The monoisotopic (exact) mass is 371 g/mol. The number of aromatic nitrogens is 3. The van der Waals surface area contributed by atoms with Crippen LogP contribution in [0.3, 0.4) is 0 Å². The van der Waals surface area contributed by atoms with E-state index in [0.29, 0.717) is 21.5 Å². The summed E-state index contributed by atoms with van der Waals surface area (Å²) in [6, 6.07) is 4.69. The second kappa shape index (κ2) is 5.76. The number of hydrogen-bond acceptors (Lipinski definition) is 4. The third-order valence-corrected chi connectivity index (χ3v) is 4.66. The zero-order valence-corrected chi connectivity index (χ0v) is 13.2. The van der Waals surface area contributed by atoms with Gasteiger partial charge in [-0.15, -0.1) is 10.2 Å². The SMILES string of the molecule is O=C(O)CSc1nnc(-c2ccc(F)cc2Br)n1C1CC1. The molecule has 3 rings (SSSR count). The van der Waals surface area contributed by atoms with Crippen molar-refractivity contribution < 1.29 is 14.3 Å². The Bertz CT molecular complexity index is 703. The fraction of sp³-hybridized carbons (Fsp3) is 0.308. The maximum atomic E-state index is 13.2. The van der Waals surface area contributed by atoms with Crippen LogP contribution in [-0.4, -0.2) is 31.6 Å². The van der Waals surface area contributed by atoms with Crippen molar-refractivity contribution in [1.82, 2.24) is 14.8 Å². The summed E-state index contributed by atoms with van der Waals surface area (Å²) in [6.45, 7) is 0. The average molecular weight is 372 g/mol.